The van der Waals surface area contributed by atoms with Crippen LogP contribution < -0.4 is 4.74 Å². The minimum atomic E-state index is -0.934. The molecule has 1 aliphatic rings. The zero-order valence-corrected chi connectivity index (χ0v) is 15.6. The van der Waals surface area contributed by atoms with Gasteiger partial charge in [-0.05, 0) is 61.1 Å². The van der Waals surface area contributed by atoms with Crippen LogP contribution in [0.1, 0.15) is 28.8 Å². The maximum Gasteiger partial charge on any atom is 0.307 e. The number of carboxylic acid groups (broad SMARTS) is 1. The van der Waals surface area contributed by atoms with Gasteiger partial charge in [0, 0.05) is 29.9 Å². The first-order valence-corrected chi connectivity index (χ1v) is 9.00. The number of aromatic nitrogens is 2. The van der Waals surface area contributed by atoms with Gasteiger partial charge in [-0.1, -0.05) is 0 Å². The number of benzene rings is 1. The molecule has 2 aromatic heterocycles. The molecule has 6 heteroatoms. The molecular weight excluding hydrogens is 347 g/mol. The van der Waals surface area contributed by atoms with E-state index in [4.69, 9.17) is 4.74 Å². The van der Waals surface area contributed by atoms with E-state index in [0.717, 1.165) is 46.1 Å². The van der Waals surface area contributed by atoms with Crippen LogP contribution in [0.5, 0.6) is 5.75 Å². The van der Waals surface area contributed by atoms with E-state index >= 15 is 0 Å². The number of aliphatic carboxylic acids is 1. The van der Waals surface area contributed by atoms with Crippen LogP contribution in [0.2, 0.25) is 0 Å². The molecule has 0 saturated carbocycles. The van der Waals surface area contributed by atoms with Gasteiger partial charge in [0.1, 0.15) is 5.65 Å². The highest BCUT2D eigenvalue weighted by molar-refractivity contribution is 5.98. The summed E-state index contributed by atoms with van der Waals surface area (Å²) in [4.78, 5) is 16.1. The summed E-state index contributed by atoms with van der Waals surface area (Å²) >= 11 is 0. The molecule has 0 saturated heterocycles. The third-order valence-electron chi connectivity index (χ3n) is 5.35. The van der Waals surface area contributed by atoms with Crippen molar-refractivity contribution >= 4 is 17.0 Å². The Morgan fingerprint density at radius 2 is 2.19 bits per heavy atom. The lowest BCUT2D eigenvalue weighted by Gasteiger charge is -2.23. The van der Waals surface area contributed by atoms with Crippen molar-refractivity contribution in [1.82, 2.24) is 9.55 Å². The quantitative estimate of drug-likeness (QED) is 0.760. The number of carbonyl (C=O) groups is 1. The zero-order chi connectivity index (χ0) is 19.3. The van der Waals surface area contributed by atoms with Gasteiger partial charge in [-0.3, -0.25) is 4.79 Å². The van der Waals surface area contributed by atoms with E-state index in [1.165, 1.54) is 6.07 Å². The standard InChI is InChI=1S/C21H21FN2O3/c1-11-13-5-4-8-27-20(13)17(22)9-15(11)19-14-6-7-24(3)21(14)23-12(2)16(19)10-18(25)26/h6-7,9H,4-5,8,10H2,1-3H3,(H,25,26). The average molecular weight is 368 g/mol. The predicted molar refractivity (Wildman–Crippen MR) is 101 cm³/mol. The second-order valence-corrected chi connectivity index (χ2v) is 7.08. The number of fused-ring (bicyclic) bond motifs is 2. The number of halogens is 1. The molecule has 0 spiro atoms. The van der Waals surface area contributed by atoms with Crippen molar-refractivity contribution in [3.63, 3.8) is 0 Å². The van der Waals surface area contributed by atoms with Gasteiger partial charge in [-0.15, -0.1) is 0 Å². The van der Waals surface area contributed by atoms with Crippen LogP contribution in [-0.4, -0.2) is 27.2 Å². The van der Waals surface area contributed by atoms with Crippen LogP contribution in [0, 0.1) is 19.7 Å². The molecule has 0 amide bonds. The van der Waals surface area contributed by atoms with Crippen molar-refractivity contribution in [2.24, 2.45) is 7.05 Å². The van der Waals surface area contributed by atoms with Crippen LogP contribution in [0.25, 0.3) is 22.2 Å². The largest absolute Gasteiger partial charge is 0.490 e. The van der Waals surface area contributed by atoms with E-state index in [0.29, 0.717) is 23.6 Å². The number of nitrogens with zero attached hydrogens (tertiary/aromatic N) is 2. The fourth-order valence-electron chi connectivity index (χ4n) is 4.02. The highest BCUT2D eigenvalue weighted by Crippen LogP contribution is 2.41. The first-order valence-electron chi connectivity index (χ1n) is 9.00. The Morgan fingerprint density at radius 3 is 2.93 bits per heavy atom. The molecule has 1 aromatic carbocycles. The summed E-state index contributed by atoms with van der Waals surface area (Å²) in [5.74, 6) is -1.00. The molecule has 0 unspecified atom stereocenters. The maximum absolute atomic E-state index is 14.8. The minimum Gasteiger partial charge on any atom is -0.490 e. The number of ether oxygens (including phenoxy) is 1. The second-order valence-electron chi connectivity index (χ2n) is 7.08. The SMILES string of the molecule is Cc1nc2c(ccn2C)c(-c2cc(F)c3c(c2C)CCCO3)c1CC(=O)O. The van der Waals surface area contributed by atoms with Crippen LogP contribution in [0.4, 0.5) is 4.39 Å². The maximum atomic E-state index is 14.8. The van der Waals surface area contributed by atoms with Crippen LogP contribution >= 0.6 is 0 Å². The fourth-order valence-corrected chi connectivity index (χ4v) is 4.02. The van der Waals surface area contributed by atoms with E-state index in [9.17, 15) is 14.3 Å². The molecule has 27 heavy (non-hydrogen) atoms. The van der Waals surface area contributed by atoms with Gasteiger partial charge in [0.05, 0.1) is 13.0 Å². The van der Waals surface area contributed by atoms with Crippen LogP contribution in [-0.2, 0) is 24.7 Å². The van der Waals surface area contributed by atoms with Crippen LogP contribution in [0.3, 0.4) is 0 Å². The third kappa shape index (κ3) is 2.76. The molecule has 3 aromatic rings. The van der Waals surface area contributed by atoms with E-state index in [1.54, 1.807) is 6.92 Å². The van der Waals surface area contributed by atoms with E-state index in [2.05, 4.69) is 4.98 Å². The molecule has 4 rings (SSSR count). The van der Waals surface area contributed by atoms with Gasteiger partial charge in [0.25, 0.3) is 0 Å². The van der Waals surface area contributed by atoms with Gasteiger partial charge < -0.3 is 14.4 Å². The Morgan fingerprint density at radius 1 is 1.41 bits per heavy atom. The van der Waals surface area contributed by atoms with E-state index < -0.39 is 11.8 Å². The van der Waals surface area contributed by atoms with Crippen molar-refractivity contribution in [2.45, 2.75) is 33.1 Å². The van der Waals surface area contributed by atoms with Crippen molar-refractivity contribution in [1.29, 1.82) is 0 Å². The Balaban J connectivity index is 2.09. The summed E-state index contributed by atoms with van der Waals surface area (Å²) < 4.78 is 22.3. The van der Waals surface area contributed by atoms with Gasteiger partial charge in [-0.25, -0.2) is 9.37 Å². The number of hydrogen-bond acceptors (Lipinski definition) is 3. The summed E-state index contributed by atoms with van der Waals surface area (Å²) in [6.07, 6.45) is 3.32. The average Bonchev–Trinajstić information content (AvgIpc) is 2.99. The van der Waals surface area contributed by atoms with Crippen molar-refractivity contribution in [3.05, 3.63) is 46.5 Å². The molecule has 1 aliphatic heterocycles. The van der Waals surface area contributed by atoms with Gasteiger partial charge in [-0.2, -0.15) is 0 Å². The highest BCUT2D eigenvalue weighted by Gasteiger charge is 2.25. The van der Waals surface area contributed by atoms with Gasteiger partial charge >= 0.3 is 5.97 Å². The van der Waals surface area contributed by atoms with Crippen molar-refractivity contribution in [3.8, 4) is 16.9 Å². The summed E-state index contributed by atoms with van der Waals surface area (Å²) in [5, 5.41) is 10.3. The Hall–Kier alpha value is -2.89. The number of carboxylic acids is 1. The van der Waals surface area contributed by atoms with Crippen molar-refractivity contribution < 1.29 is 19.0 Å². The summed E-state index contributed by atoms with van der Waals surface area (Å²) in [6, 6.07) is 3.39. The molecule has 0 fully saturated rings. The lowest BCUT2D eigenvalue weighted by Crippen LogP contribution is -2.13. The summed E-state index contributed by atoms with van der Waals surface area (Å²) in [7, 11) is 1.89. The lowest BCUT2D eigenvalue weighted by atomic mass is 9.87. The third-order valence-corrected chi connectivity index (χ3v) is 5.35. The van der Waals surface area contributed by atoms with Crippen molar-refractivity contribution in [2.75, 3.05) is 6.61 Å². The lowest BCUT2D eigenvalue weighted by molar-refractivity contribution is -0.136. The monoisotopic (exact) mass is 368 g/mol. The molecule has 0 aliphatic carbocycles. The fraction of sp³-hybridized carbons (Fsp3) is 0.333. The topological polar surface area (TPSA) is 64.4 Å². The van der Waals surface area contributed by atoms with Crippen LogP contribution in [0.15, 0.2) is 18.3 Å². The minimum absolute atomic E-state index is 0.159. The number of hydrogen-bond donors (Lipinski definition) is 1. The Bertz CT molecular complexity index is 1090. The molecule has 3 heterocycles. The number of rotatable bonds is 3. The normalized spacial score (nSPS) is 13.5. The predicted octanol–water partition coefficient (Wildman–Crippen LogP) is 3.95. The molecule has 140 valence electrons. The summed E-state index contributed by atoms with van der Waals surface area (Å²) in [6.45, 7) is 4.28. The van der Waals surface area contributed by atoms with Gasteiger partial charge in [0.2, 0.25) is 0 Å². The second kappa shape index (κ2) is 6.37. The first kappa shape index (κ1) is 17.5. The Labute approximate surface area is 156 Å². The molecule has 0 bridgehead atoms. The smallest absolute Gasteiger partial charge is 0.307 e. The van der Waals surface area contributed by atoms with E-state index in [1.807, 2.05) is 30.8 Å². The molecular formula is C21H21FN2O3. The highest BCUT2D eigenvalue weighted by atomic mass is 19.1. The number of aryl methyl sites for hydroxylation is 2. The zero-order valence-electron chi connectivity index (χ0n) is 15.6. The molecule has 5 nitrogen and oxygen atoms in total. The first-order chi connectivity index (χ1) is 12.9. The van der Waals surface area contributed by atoms with E-state index in [-0.39, 0.29) is 6.42 Å². The molecule has 0 radical (unpaired) electrons. The van der Waals surface area contributed by atoms with Gasteiger partial charge in [0.15, 0.2) is 11.6 Å². The molecule has 1 N–H and O–H groups in total. The summed E-state index contributed by atoms with van der Waals surface area (Å²) in [5.41, 5.74) is 5.31. The number of pyridine rings is 1. The Kier molecular flexibility index (Phi) is 4.13. The molecule has 0 atom stereocenters.